The Morgan fingerprint density at radius 2 is 1.91 bits per heavy atom. The lowest BCUT2D eigenvalue weighted by Gasteiger charge is -2.19. The van der Waals surface area contributed by atoms with Crippen molar-refractivity contribution >= 4 is 5.82 Å². The van der Waals surface area contributed by atoms with Gasteiger partial charge in [-0.25, -0.2) is 9.97 Å². The molecule has 0 aliphatic heterocycles. The van der Waals surface area contributed by atoms with E-state index in [1.807, 2.05) is 36.3 Å². The topological polar surface area (TPSA) is 57.7 Å². The number of pyridine rings is 1. The predicted octanol–water partition coefficient (Wildman–Crippen LogP) is 2.83. The lowest BCUT2D eigenvalue weighted by Crippen LogP contribution is -2.21. The van der Waals surface area contributed by atoms with Crippen molar-refractivity contribution in [2.75, 3.05) is 11.9 Å². The highest BCUT2D eigenvalue weighted by atomic mass is 15.2. The normalized spacial score (nSPS) is 10.3. The molecule has 0 aliphatic carbocycles. The largest absolute Gasteiger partial charge is 0.351 e. The summed E-state index contributed by atoms with van der Waals surface area (Å²) in [5.41, 5.74) is 1.79. The molecule has 0 fully saturated rings. The van der Waals surface area contributed by atoms with Gasteiger partial charge in [-0.2, -0.15) is 5.26 Å². The number of nitriles is 1. The average molecular weight is 303 g/mol. The molecule has 3 rings (SSSR count). The molecule has 23 heavy (non-hydrogen) atoms. The van der Waals surface area contributed by atoms with Gasteiger partial charge >= 0.3 is 0 Å². The van der Waals surface area contributed by atoms with E-state index < -0.39 is 0 Å². The SMILES string of the molecule is CN(Cc1nccn1Cc1ccccc1)c1ncccc1C#N. The molecule has 0 radical (unpaired) electrons. The molecule has 0 unspecified atom stereocenters. The van der Waals surface area contributed by atoms with Crippen LogP contribution in [0.3, 0.4) is 0 Å². The molecule has 3 aromatic rings. The molecule has 0 spiro atoms. The maximum absolute atomic E-state index is 9.21. The Kier molecular flexibility index (Phi) is 4.34. The average Bonchev–Trinajstić information content (AvgIpc) is 3.02. The summed E-state index contributed by atoms with van der Waals surface area (Å²) in [5.74, 6) is 1.61. The third-order valence-electron chi connectivity index (χ3n) is 3.64. The second kappa shape index (κ2) is 6.75. The molecule has 0 N–H and O–H groups in total. The summed E-state index contributed by atoms with van der Waals surface area (Å²) in [5, 5.41) is 9.21. The standard InChI is InChI=1S/C18H17N5/c1-22(18-16(12-19)8-5-9-21-18)14-17-20-10-11-23(17)13-15-6-3-2-4-7-15/h2-11H,13-14H2,1H3. The molecule has 114 valence electrons. The zero-order valence-corrected chi connectivity index (χ0v) is 12.9. The zero-order valence-electron chi connectivity index (χ0n) is 12.9. The van der Waals surface area contributed by atoms with Crippen molar-refractivity contribution < 1.29 is 0 Å². The molecule has 5 nitrogen and oxygen atoms in total. The number of hydrogen-bond donors (Lipinski definition) is 0. The summed E-state index contributed by atoms with van der Waals surface area (Å²) >= 11 is 0. The van der Waals surface area contributed by atoms with Crippen LogP contribution in [0.5, 0.6) is 0 Å². The third-order valence-corrected chi connectivity index (χ3v) is 3.64. The first-order valence-electron chi connectivity index (χ1n) is 7.38. The summed E-state index contributed by atoms with van der Waals surface area (Å²) in [6.07, 6.45) is 5.47. The second-order valence-electron chi connectivity index (χ2n) is 5.30. The number of hydrogen-bond acceptors (Lipinski definition) is 4. The van der Waals surface area contributed by atoms with Crippen molar-refractivity contribution in [2.24, 2.45) is 0 Å². The first-order valence-corrected chi connectivity index (χ1v) is 7.38. The van der Waals surface area contributed by atoms with Gasteiger partial charge in [0.15, 0.2) is 0 Å². The van der Waals surface area contributed by atoms with E-state index in [9.17, 15) is 5.26 Å². The molecular formula is C18H17N5. The molecule has 0 saturated carbocycles. The van der Waals surface area contributed by atoms with E-state index in [1.54, 1.807) is 24.5 Å². The van der Waals surface area contributed by atoms with Crippen molar-refractivity contribution in [3.05, 3.63) is 78.0 Å². The van der Waals surface area contributed by atoms with Crippen molar-refractivity contribution in [3.8, 4) is 6.07 Å². The number of rotatable bonds is 5. The fourth-order valence-electron chi connectivity index (χ4n) is 2.49. The highest BCUT2D eigenvalue weighted by Gasteiger charge is 2.12. The first-order chi connectivity index (χ1) is 11.3. The van der Waals surface area contributed by atoms with Crippen molar-refractivity contribution in [1.29, 1.82) is 5.26 Å². The van der Waals surface area contributed by atoms with E-state index in [-0.39, 0.29) is 0 Å². The Balaban J connectivity index is 1.79. The van der Waals surface area contributed by atoms with Crippen LogP contribution in [0.15, 0.2) is 61.1 Å². The van der Waals surface area contributed by atoms with E-state index in [1.165, 1.54) is 5.56 Å². The van der Waals surface area contributed by atoms with Gasteiger partial charge in [0.2, 0.25) is 0 Å². The minimum atomic E-state index is 0.566. The van der Waals surface area contributed by atoms with Crippen molar-refractivity contribution in [3.63, 3.8) is 0 Å². The van der Waals surface area contributed by atoms with Gasteiger partial charge in [-0.1, -0.05) is 30.3 Å². The number of anilines is 1. The molecular weight excluding hydrogens is 286 g/mol. The van der Waals surface area contributed by atoms with Crippen LogP contribution in [0.4, 0.5) is 5.82 Å². The van der Waals surface area contributed by atoms with Gasteiger partial charge in [0.05, 0.1) is 12.1 Å². The summed E-state index contributed by atoms with van der Waals surface area (Å²) in [7, 11) is 1.92. The Morgan fingerprint density at radius 1 is 1.09 bits per heavy atom. The van der Waals surface area contributed by atoms with Gasteiger partial charge in [-0.05, 0) is 17.7 Å². The number of aromatic nitrogens is 3. The minimum absolute atomic E-state index is 0.566. The van der Waals surface area contributed by atoms with Crippen molar-refractivity contribution in [1.82, 2.24) is 14.5 Å². The Bertz CT molecular complexity index is 817. The van der Waals surface area contributed by atoms with Crippen LogP contribution in [0, 0.1) is 11.3 Å². The van der Waals surface area contributed by atoms with E-state index in [2.05, 4.69) is 32.7 Å². The molecule has 0 bridgehead atoms. The van der Waals surface area contributed by atoms with Gasteiger partial charge in [0.1, 0.15) is 17.7 Å². The summed E-state index contributed by atoms with van der Waals surface area (Å²) in [4.78, 5) is 10.7. The van der Waals surface area contributed by atoms with Crippen molar-refractivity contribution in [2.45, 2.75) is 13.1 Å². The molecule has 5 heteroatoms. The van der Waals surface area contributed by atoms with E-state index in [0.29, 0.717) is 17.9 Å². The van der Waals surface area contributed by atoms with Crippen LogP contribution in [0.1, 0.15) is 17.0 Å². The van der Waals surface area contributed by atoms with Crippen LogP contribution in [0.25, 0.3) is 0 Å². The zero-order chi connectivity index (χ0) is 16.1. The van der Waals surface area contributed by atoms with Gasteiger partial charge in [0.25, 0.3) is 0 Å². The van der Waals surface area contributed by atoms with E-state index >= 15 is 0 Å². The second-order valence-corrected chi connectivity index (χ2v) is 5.30. The fraction of sp³-hybridized carbons (Fsp3) is 0.167. The monoisotopic (exact) mass is 303 g/mol. The van der Waals surface area contributed by atoms with Gasteiger partial charge < -0.3 is 9.47 Å². The van der Waals surface area contributed by atoms with Crippen LogP contribution in [-0.2, 0) is 13.1 Å². The fourth-order valence-corrected chi connectivity index (χ4v) is 2.49. The van der Waals surface area contributed by atoms with Gasteiger partial charge in [-0.3, -0.25) is 0 Å². The van der Waals surface area contributed by atoms with Crippen LogP contribution in [0.2, 0.25) is 0 Å². The number of benzene rings is 1. The number of nitrogens with zero attached hydrogens (tertiary/aromatic N) is 5. The van der Waals surface area contributed by atoms with Crippen LogP contribution < -0.4 is 4.90 Å². The predicted molar refractivity (Wildman–Crippen MR) is 88.8 cm³/mol. The molecule has 0 atom stereocenters. The summed E-state index contributed by atoms with van der Waals surface area (Å²) < 4.78 is 2.11. The molecule has 0 saturated heterocycles. The summed E-state index contributed by atoms with van der Waals surface area (Å²) in [6, 6.07) is 16.0. The van der Waals surface area contributed by atoms with Gasteiger partial charge in [0, 0.05) is 32.2 Å². The summed E-state index contributed by atoms with van der Waals surface area (Å²) in [6.45, 7) is 1.36. The number of imidazole rings is 1. The first kappa shape index (κ1) is 14.8. The smallest absolute Gasteiger partial charge is 0.146 e. The molecule has 2 aromatic heterocycles. The molecule has 0 amide bonds. The Morgan fingerprint density at radius 3 is 2.70 bits per heavy atom. The Labute approximate surface area is 135 Å². The lowest BCUT2D eigenvalue weighted by molar-refractivity contribution is 0.704. The molecule has 0 aliphatic rings. The lowest BCUT2D eigenvalue weighted by atomic mass is 10.2. The molecule has 2 heterocycles. The van der Waals surface area contributed by atoms with Gasteiger partial charge in [-0.15, -0.1) is 0 Å². The van der Waals surface area contributed by atoms with E-state index in [0.717, 1.165) is 12.4 Å². The highest BCUT2D eigenvalue weighted by Crippen LogP contribution is 2.17. The maximum Gasteiger partial charge on any atom is 0.146 e. The minimum Gasteiger partial charge on any atom is -0.351 e. The third kappa shape index (κ3) is 3.38. The quantitative estimate of drug-likeness (QED) is 0.727. The maximum atomic E-state index is 9.21. The highest BCUT2D eigenvalue weighted by molar-refractivity contribution is 5.52. The Hall–Kier alpha value is -3.13. The van der Waals surface area contributed by atoms with Crippen LogP contribution in [-0.4, -0.2) is 21.6 Å². The molecule has 1 aromatic carbocycles. The van der Waals surface area contributed by atoms with Crippen LogP contribution >= 0.6 is 0 Å². The van der Waals surface area contributed by atoms with E-state index in [4.69, 9.17) is 0 Å².